The summed E-state index contributed by atoms with van der Waals surface area (Å²) in [5.41, 5.74) is 5.93. The normalized spacial score (nSPS) is 11.0. The summed E-state index contributed by atoms with van der Waals surface area (Å²) in [5.74, 6) is 1.65. The molecule has 0 radical (unpaired) electrons. The summed E-state index contributed by atoms with van der Waals surface area (Å²) in [5, 5.41) is 4.58. The maximum atomic E-state index is 5.28. The molecule has 0 unspecified atom stereocenters. The highest BCUT2D eigenvalue weighted by Crippen LogP contribution is 2.27. The molecule has 0 atom stereocenters. The fourth-order valence-corrected chi connectivity index (χ4v) is 3.32. The third-order valence-electron chi connectivity index (χ3n) is 4.78. The highest BCUT2D eigenvalue weighted by Gasteiger charge is 2.07. The molecule has 0 aliphatic rings. The summed E-state index contributed by atoms with van der Waals surface area (Å²) >= 11 is 0. The number of H-pyrrole nitrogens is 1. The minimum Gasteiger partial charge on any atom is -0.497 e. The summed E-state index contributed by atoms with van der Waals surface area (Å²) in [4.78, 5) is 12.4. The average Bonchev–Trinajstić information content (AvgIpc) is 3.18. The van der Waals surface area contributed by atoms with Crippen LogP contribution in [0.4, 0.5) is 11.4 Å². The largest absolute Gasteiger partial charge is 0.497 e. The number of benzene rings is 3. The van der Waals surface area contributed by atoms with E-state index in [4.69, 9.17) is 4.74 Å². The van der Waals surface area contributed by atoms with Gasteiger partial charge in [-0.1, -0.05) is 18.2 Å². The first-order valence-electron chi connectivity index (χ1n) is 9.05. The van der Waals surface area contributed by atoms with Gasteiger partial charge in [0, 0.05) is 34.6 Å². The Morgan fingerprint density at radius 3 is 2.61 bits per heavy atom. The van der Waals surface area contributed by atoms with E-state index in [1.165, 1.54) is 0 Å². The van der Waals surface area contributed by atoms with Crippen LogP contribution < -0.4 is 10.1 Å². The van der Waals surface area contributed by atoms with Gasteiger partial charge in [-0.15, -0.1) is 0 Å². The lowest BCUT2D eigenvalue weighted by Crippen LogP contribution is -1.92. The van der Waals surface area contributed by atoms with E-state index in [0.717, 1.165) is 50.4 Å². The van der Waals surface area contributed by atoms with Crippen LogP contribution in [0.1, 0.15) is 0 Å². The first-order chi connectivity index (χ1) is 13.8. The molecule has 2 heterocycles. The number of ether oxygens (including phenoxy) is 1. The van der Waals surface area contributed by atoms with Crippen molar-refractivity contribution in [1.82, 2.24) is 15.0 Å². The summed E-state index contributed by atoms with van der Waals surface area (Å²) in [7, 11) is 1.66. The van der Waals surface area contributed by atoms with Crippen LogP contribution in [0.25, 0.3) is 33.3 Å². The van der Waals surface area contributed by atoms with E-state index in [9.17, 15) is 0 Å². The third-order valence-corrected chi connectivity index (χ3v) is 4.78. The van der Waals surface area contributed by atoms with E-state index in [2.05, 4.69) is 50.6 Å². The van der Waals surface area contributed by atoms with E-state index in [1.807, 2.05) is 48.7 Å². The molecule has 136 valence electrons. The number of hydrogen-bond donors (Lipinski definition) is 2. The molecular formula is C23H18N4O. The lowest BCUT2D eigenvalue weighted by molar-refractivity contribution is 0.415. The molecule has 0 spiro atoms. The highest BCUT2D eigenvalue weighted by molar-refractivity contribution is 5.92. The summed E-state index contributed by atoms with van der Waals surface area (Å²) in [6.07, 6.45) is 1.82. The summed E-state index contributed by atoms with van der Waals surface area (Å²) in [6, 6.07) is 24.1. The third kappa shape index (κ3) is 2.93. The second-order valence-electron chi connectivity index (χ2n) is 6.55. The van der Waals surface area contributed by atoms with Crippen LogP contribution in [0.15, 0.2) is 79.0 Å². The molecular weight excluding hydrogens is 348 g/mol. The van der Waals surface area contributed by atoms with Crippen molar-refractivity contribution in [2.75, 3.05) is 12.4 Å². The summed E-state index contributed by atoms with van der Waals surface area (Å²) < 4.78 is 5.28. The van der Waals surface area contributed by atoms with Gasteiger partial charge < -0.3 is 15.0 Å². The van der Waals surface area contributed by atoms with Gasteiger partial charge in [-0.05, 0) is 48.5 Å². The topological polar surface area (TPSA) is 62.8 Å². The molecule has 2 aromatic heterocycles. The molecule has 3 aromatic carbocycles. The van der Waals surface area contributed by atoms with Crippen LogP contribution in [0, 0.1) is 0 Å². The van der Waals surface area contributed by atoms with Crippen LogP contribution in [0.5, 0.6) is 5.75 Å². The molecule has 0 fully saturated rings. The number of nitrogens with zero attached hydrogens (tertiary/aromatic N) is 2. The van der Waals surface area contributed by atoms with Crippen LogP contribution in [0.2, 0.25) is 0 Å². The lowest BCUT2D eigenvalue weighted by Gasteiger charge is -2.09. The van der Waals surface area contributed by atoms with Crippen molar-refractivity contribution in [3.05, 3.63) is 79.0 Å². The van der Waals surface area contributed by atoms with Gasteiger partial charge in [-0.3, -0.25) is 4.98 Å². The van der Waals surface area contributed by atoms with Crippen molar-refractivity contribution in [3.8, 4) is 17.1 Å². The van der Waals surface area contributed by atoms with Crippen molar-refractivity contribution < 1.29 is 4.74 Å². The Morgan fingerprint density at radius 1 is 0.893 bits per heavy atom. The fourth-order valence-electron chi connectivity index (χ4n) is 3.32. The molecule has 2 N–H and O–H groups in total. The van der Waals surface area contributed by atoms with Crippen LogP contribution in [-0.4, -0.2) is 22.1 Å². The fraction of sp³-hybridized carbons (Fsp3) is 0.0435. The van der Waals surface area contributed by atoms with Crippen molar-refractivity contribution in [1.29, 1.82) is 0 Å². The molecule has 5 aromatic rings. The number of aromatic amines is 1. The Balaban J connectivity index is 1.44. The van der Waals surface area contributed by atoms with E-state index in [0.29, 0.717) is 0 Å². The predicted octanol–water partition coefficient (Wildman–Crippen LogP) is 5.53. The zero-order valence-corrected chi connectivity index (χ0v) is 15.3. The molecule has 0 aliphatic heterocycles. The second kappa shape index (κ2) is 6.70. The summed E-state index contributed by atoms with van der Waals surface area (Å²) in [6.45, 7) is 0. The zero-order valence-electron chi connectivity index (χ0n) is 15.3. The van der Waals surface area contributed by atoms with E-state index in [-0.39, 0.29) is 0 Å². The van der Waals surface area contributed by atoms with E-state index in [1.54, 1.807) is 7.11 Å². The number of pyridine rings is 1. The Hall–Kier alpha value is -3.86. The van der Waals surface area contributed by atoms with Gasteiger partial charge in [0.1, 0.15) is 11.6 Å². The van der Waals surface area contributed by atoms with E-state index < -0.39 is 0 Å². The van der Waals surface area contributed by atoms with Crippen molar-refractivity contribution in [3.63, 3.8) is 0 Å². The highest BCUT2D eigenvalue weighted by atomic mass is 16.5. The number of methoxy groups -OCH3 is 1. The zero-order chi connectivity index (χ0) is 18.9. The average molecular weight is 366 g/mol. The molecule has 0 amide bonds. The number of imidazole rings is 1. The van der Waals surface area contributed by atoms with Gasteiger partial charge in [0.25, 0.3) is 0 Å². The van der Waals surface area contributed by atoms with Crippen LogP contribution in [0.3, 0.4) is 0 Å². The minimum absolute atomic E-state index is 0.812. The molecule has 28 heavy (non-hydrogen) atoms. The monoisotopic (exact) mass is 366 g/mol. The number of anilines is 2. The van der Waals surface area contributed by atoms with Gasteiger partial charge in [0.15, 0.2) is 0 Å². The number of rotatable bonds is 4. The number of nitrogens with one attached hydrogen (secondary N) is 2. The molecule has 5 rings (SSSR count). The molecule has 0 aliphatic carbocycles. The predicted molar refractivity (Wildman–Crippen MR) is 113 cm³/mol. The van der Waals surface area contributed by atoms with Crippen LogP contribution >= 0.6 is 0 Å². The first-order valence-corrected chi connectivity index (χ1v) is 9.05. The quantitative estimate of drug-likeness (QED) is 0.439. The Morgan fingerprint density at radius 2 is 1.75 bits per heavy atom. The Labute approximate surface area is 162 Å². The Kier molecular flexibility index (Phi) is 3.91. The van der Waals surface area contributed by atoms with Gasteiger partial charge in [-0.25, -0.2) is 4.98 Å². The number of aromatic nitrogens is 3. The molecule has 0 saturated carbocycles. The standard InChI is InChI=1S/C23H18N4O/c1-28-17-10-11-21-22(14-17)27-23(26-21)15-6-8-16(9-7-15)25-20-12-13-24-19-5-3-2-4-18(19)20/h2-14H,1H3,(H,24,25)(H,26,27). The van der Waals surface area contributed by atoms with E-state index >= 15 is 0 Å². The number of fused-ring (bicyclic) bond motifs is 2. The number of para-hydroxylation sites is 1. The molecule has 0 saturated heterocycles. The number of hydrogen-bond acceptors (Lipinski definition) is 4. The van der Waals surface area contributed by atoms with Crippen molar-refractivity contribution >= 4 is 33.3 Å². The molecule has 0 bridgehead atoms. The Bertz CT molecular complexity index is 1270. The van der Waals surface area contributed by atoms with Crippen molar-refractivity contribution in [2.24, 2.45) is 0 Å². The lowest BCUT2D eigenvalue weighted by atomic mass is 10.1. The molecule has 5 nitrogen and oxygen atoms in total. The SMILES string of the molecule is COc1ccc2nc(-c3ccc(Nc4ccnc5ccccc45)cc3)[nH]c2c1. The van der Waals surface area contributed by atoms with Gasteiger partial charge >= 0.3 is 0 Å². The minimum atomic E-state index is 0.812. The maximum Gasteiger partial charge on any atom is 0.138 e. The van der Waals surface area contributed by atoms with Gasteiger partial charge in [0.2, 0.25) is 0 Å². The van der Waals surface area contributed by atoms with Gasteiger partial charge in [-0.2, -0.15) is 0 Å². The smallest absolute Gasteiger partial charge is 0.138 e. The van der Waals surface area contributed by atoms with Gasteiger partial charge in [0.05, 0.1) is 23.7 Å². The second-order valence-corrected chi connectivity index (χ2v) is 6.55. The maximum absolute atomic E-state index is 5.28. The molecule has 5 heteroatoms. The van der Waals surface area contributed by atoms with Crippen molar-refractivity contribution in [2.45, 2.75) is 0 Å². The van der Waals surface area contributed by atoms with Crippen LogP contribution in [-0.2, 0) is 0 Å². The first kappa shape index (κ1) is 16.3.